The van der Waals surface area contributed by atoms with E-state index in [4.69, 9.17) is 15.4 Å². The zero-order valence-electron chi connectivity index (χ0n) is 9.16. The first-order valence-electron chi connectivity index (χ1n) is 4.98. The second kappa shape index (κ2) is 3.64. The molecule has 0 unspecified atom stereocenters. The summed E-state index contributed by atoms with van der Waals surface area (Å²) in [5.74, 6) is 0.753. The van der Waals surface area contributed by atoms with Crippen molar-refractivity contribution in [3.8, 4) is 5.75 Å². The molecule has 0 spiro atoms. The lowest BCUT2D eigenvalue weighted by atomic mass is 9.84. The first-order valence-corrected chi connectivity index (χ1v) is 7.29. The van der Waals surface area contributed by atoms with Gasteiger partial charge in [0.25, 0.3) is 9.05 Å². The average molecular weight is 261 g/mol. The van der Waals surface area contributed by atoms with E-state index in [9.17, 15) is 8.42 Å². The molecule has 1 aromatic rings. The van der Waals surface area contributed by atoms with Gasteiger partial charge >= 0.3 is 0 Å². The van der Waals surface area contributed by atoms with Gasteiger partial charge in [-0.1, -0.05) is 13.8 Å². The minimum absolute atomic E-state index is 0.0295. The Hall–Kier alpha value is -0.740. The first kappa shape index (κ1) is 11.7. The minimum Gasteiger partial charge on any atom is -0.493 e. The third kappa shape index (κ3) is 2.33. The summed E-state index contributed by atoms with van der Waals surface area (Å²) in [6, 6.07) is 4.73. The second-order valence-corrected chi connectivity index (χ2v) is 7.40. The Morgan fingerprint density at radius 3 is 2.69 bits per heavy atom. The van der Waals surface area contributed by atoms with E-state index in [-0.39, 0.29) is 10.3 Å². The topological polar surface area (TPSA) is 43.4 Å². The van der Waals surface area contributed by atoms with Crippen molar-refractivity contribution >= 4 is 19.7 Å². The molecule has 1 heterocycles. The molecule has 0 bridgehead atoms. The van der Waals surface area contributed by atoms with Crippen LogP contribution in [-0.2, 0) is 15.5 Å². The van der Waals surface area contributed by atoms with E-state index in [1.54, 1.807) is 12.1 Å². The quantitative estimate of drug-likeness (QED) is 0.729. The molecule has 16 heavy (non-hydrogen) atoms. The molecule has 2 rings (SSSR count). The molecule has 0 radical (unpaired) electrons. The van der Waals surface area contributed by atoms with Gasteiger partial charge in [0.1, 0.15) is 5.75 Å². The third-order valence-corrected chi connectivity index (χ3v) is 3.95. The maximum Gasteiger partial charge on any atom is 0.261 e. The van der Waals surface area contributed by atoms with Crippen molar-refractivity contribution in [1.29, 1.82) is 0 Å². The van der Waals surface area contributed by atoms with E-state index in [0.29, 0.717) is 6.61 Å². The average Bonchev–Trinajstić information content (AvgIpc) is 2.13. The van der Waals surface area contributed by atoms with Gasteiger partial charge in [0.2, 0.25) is 0 Å². The Kier molecular flexibility index (Phi) is 2.67. The molecule has 0 N–H and O–H groups in total. The maximum absolute atomic E-state index is 11.2. The zero-order chi connectivity index (χ0) is 12.0. The lowest BCUT2D eigenvalue weighted by molar-refractivity contribution is 0.154. The van der Waals surface area contributed by atoms with Crippen LogP contribution in [0.1, 0.15) is 19.4 Å². The highest BCUT2D eigenvalue weighted by molar-refractivity contribution is 8.13. The van der Waals surface area contributed by atoms with Gasteiger partial charge in [0.05, 0.1) is 11.5 Å². The van der Waals surface area contributed by atoms with Crippen molar-refractivity contribution in [1.82, 2.24) is 0 Å². The lowest BCUT2D eigenvalue weighted by Gasteiger charge is -2.31. The predicted octanol–water partition coefficient (Wildman–Crippen LogP) is 2.58. The normalized spacial score (nSPS) is 18.7. The molecule has 1 aliphatic heterocycles. The Morgan fingerprint density at radius 1 is 1.38 bits per heavy atom. The van der Waals surface area contributed by atoms with Gasteiger partial charge < -0.3 is 4.74 Å². The van der Waals surface area contributed by atoms with Crippen molar-refractivity contribution in [3.05, 3.63) is 23.8 Å². The number of hydrogen-bond acceptors (Lipinski definition) is 3. The monoisotopic (exact) mass is 260 g/mol. The van der Waals surface area contributed by atoms with Crippen LogP contribution in [0, 0.1) is 5.41 Å². The first-order chi connectivity index (χ1) is 7.28. The summed E-state index contributed by atoms with van der Waals surface area (Å²) in [5.41, 5.74) is 0.930. The summed E-state index contributed by atoms with van der Waals surface area (Å²) in [7, 11) is 1.65. The highest BCUT2D eigenvalue weighted by atomic mass is 35.7. The molecule has 0 aliphatic carbocycles. The van der Waals surface area contributed by atoms with Crippen molar-refractivity contribution in [2.45, 2.75) is 25.2 Å². The van der Waals surface area contributed by atoms with Crippen molar-refractivity contribution in [2.75, 3.05) is 6.61 Å². The Balaban J connectivity index is 2.47. The second-order valence-electron chi connectivity index (χ2n) is 4.84. The molecule has 0 fully saturated rings. The molecule has 0 amide bonds. The van der Waals surface area contributed by atoms with Crippen LogP contribution in [0.5, 0.6) is 5.75 Å². The zero-order valence-corrected chi connectivity index (χ0v) is 10.7. The van der Waals surface area contributed by atoms with Crippen LogP contribution in [0.25, 0.3) is 0 Å². The SMILES string of the molecule is CC1(C)COc2ccc(S(=O)(=O)Cl)cc2C1. The standard InChI is InChI=1S/C11H13ClO3S/c1-11(2)6-8-5-9(16(12,13)14)3-4-10(8)15-7-11/h3-5H,6-7H2,1-2H3. The van der Waals surface area contributed by atoms with Crippen molar-refractivity contribution < 1.29 is 13.2 Å². The molecular weight excluding hydrogens is 248 g/mol. The molecule has 0 saturated heterocycles. The van der Waals surface area contributed by atoms with Crippen LogP contribution in [0.3, 0.4) is 0 Å². The minimum atomic E-state index is -3.66. The Labute approximate surface area is 99.8 Å². The summed E-state index contributed by atoms with van der Waals surface area (Å²) in [5, 5.41) is 0. The van der Waals surface area contributed by atoms with Crippen LogP contribution in [0.2, 0.25) is 0 Å². The van der Waals surface area contributed by atoms with Crippen LogP contribution in [0.4, 0.5) is 0 Å². The number of benzene rings is 1. The van der Waals surface area contributed by atoms with Gasteiger partial charge in [0, 0.05) is 16.1 Å². The highest BCUT2D eigenvalue weighted by Crippen LogP contribution is 2.35. The van der Waals surface area contributed by atoms with E-state index in [2.05, 4.69) is 13.8 Å². The molecule has 1 aromatic carbocycles. The van der Waals surface area contributed by atoms with Gasteiger partial charge in [-0.15, -0.1) is 0 Å². The number of fused-ring (bicyclic) bond motifs is 1. The smallest absolute Gasteiger partial charge is 0.261 e. The van der Waals surface area contributed by atoms with Crippen molar-refractivity contribution in [3.63, 3.8) is 0 Å². The van der Waals surface area contributed by atoms with E-state index in [1.807, 2.05) is 0 Å². The molecule has 0 aromatic heterocycles. The van der Waals surface area contributed by atoms with E-state index in [0.717, 1.165) is 17.7 Å². The summed E-state index contributed by atoms with van der Waals surface area (Å²) < 4.78 is 28.0. The molecule has 0 atom stereocenters. The summed E-state index contributed by atoms with van der Waals surface area (Å²) in [4.78, 5) is 0.134. The fourth-order valence-corrected chi connectivity index (χ4v) is 2.63. The summed E-state index contributed by atoms with van der Waals surface area (Å²) in [6.45, 7) is 4.81. The fourth-order valence-electron chi connectivity index (χ4n) is 1.83. The Morgan fingerprint density at radius 2 is 2.06 bits per heavy atom. The predicted molar refractivity (Wildman–Crippen MR) is 62.5 cm³/mol. The summed E-state index contributed by atoms with van der Waals surface area (Å²) >= 11 is 0. The molecule has 0 saturated carbocycles. The number of rotatable bonds is 1. The van der Waals surface area contributed by atoms with Gasteiger partial charge in [0.15, 0.2) is 0 Å². The van der Waals surface area contributed by atoms with Crippen LogP contribution in [-0.4, -0.2) is 15.0 Å². The molecule has 3 nitrogen and oxygen atoms in total. The van der Waals surface area contributed by atoms with Crippen LogP contribution < -0.4 is 4.74 Å². The number of halogens is 1. The molecule has 5 heteroatoms. The number of ether oxygens (including phenoxy) is 1. The largest absolute Gasteiger partial charge is 0.493 e. The van der Waals surface area contributed by atoms with Gasteiger partial charge in [-0.05, 0) is 30.2 Å². The third-order valence-electron chi connectivity index (χ3n) is 2.60. The highest BCUT2D eigenvalue weighted by Gasteiger charge is 2.27. The molecule has 88 valence electrons. The molecular formula is C11H13ClO3S. The maximum atomic E-state index is 11.2. The van der Waals surface area contributed by atoms with E-state index >= 15 is 0 Å². The summed E-state index contributed by atoms with van der Waals surface area (Å²) in [6.07, 6.45) is 0.794. The molecule has 1 aliphatic rings. The number of hydrogen-bond donors (Lipinski definition) is 0. The van der Waals surface area contributed by atoms with Gasteiger partial charge in [-0.2, -0.15) is 0 Å². The van der Waals surface area contributed by atoms with Crippen LogP contribution >= 0.6 is 10.7 Å². The van der Waals surface area contributed by atoms with E-state index in [1.165, 1.54) is 6.07 Å². The Bertz CT molecular complexity index is 520. The van der Waals surface area contributed by atoms with Crippen LogP contribution in [0.15, 0.2) is 23.1 Å². The van der Waals surface area contributed by atoms with Crippen molar-refractivity contribution in [2.24, 2.45) is 5.41 Å². The lowest BCUT2D eigenvalue weighted by Crippen LogP contribution is -2.28. The fraction of sp³-hybridized carbons (Fsp3) is 0.455. The van der Waals surface area contributed by atoms with Gasteiger partial charge in [-0.3, -0.25) is 0 Å². The van der Waals surface area contributed by atoms with E-state index < -0.39 is 9.05 Å². The van der Waals surface area contributed by atoms with Gasteiger partial charge in [-0.25, -0.2) is 8.42 Å².